The molecule has 0 aromatic carbocycles. The number of nitrogens with two attached hydrogens (primary N) is 1. The third-order valence-corrected chi connectivity index (χ3v) is 4.36. The van der Waals surface area contributed by atoms with Crippen LogP contribution < -0.4 is 11.1 Å². The number of carbonyl (C=O) groups excluding carboxylic acids is 1. The minimum atomic E-state index is -0.703. The molecule has 1 amide bonds. The Balaban J connectivity index is 2.32. The van der Waals surface area contributed by atoms with Crippen LogP contribution in [0.25, 0.3) is 0 Å². The van der Waals surface area contributed by atoms with Crippen LogP contribution in [0.4, 0.5) is 5.00 Å². The Kier molecular flexibility index (Phi) is 3.71. The first-order chi connectivity index (χ1) is 9.06. The largest absolute Gasteiger partial charge is 0.409 e. The van der Waals surface area contributed by atoms with Gasteiger partial charge in [0.05, 0.1) is 5.56 Å². The van der Waals surface area contributed by atoms with Gasteiger partial charge in [-0.25, -0.2) is 0 Å². The zero-order chi connectivity index (χ0) is 14.0. The molecule has 1 atom stereocenters. The lowest BCUT2D eigenvalue weighted by Gasteiger charge is -2.17. The van der Waals surface area contributed by atoms with E-state index in [-0.39, 0.29) is 0 Å². The number of hydrogen-bond acceptors (Lipinski definition) is 5. The number of fused-ring (bicyclic) bond motifs is 1. The van der Waals surface area contributed by atoms with Crippen molar-refractivity contribution >= 4 is 28.1 Å². The van der Waals surface area contributed by atoms with E-state index in [0.29, 0.717) is 16.5 Å². The predicted molar refractivity (Wildman–Crippen MR) is 72.3 cm³/mol. The normalized spacial score (nSPS) is 18.5. The van der Waals surface area contributed by atoms with Crippen LogP contribution in [-0.4, -0.2) is 17.0 Å². The molecule has 0 bridgehead atoms. The summed E-state index contributed by atoms with van der Waals surface area (Å²) in [5.74, 6) is -0.639. The Morgan fingerprint density at radius 2 is 2.42 bits per heavy atom. The first-order valence-electron chi connectivity index (χ1n) is 5.90. The van der Waals surface area contributed by atoms with E-state index in [1.165, 1.54) is 11.3 Å². The van der Waals surface area contributed by atoms with Gasteiger partial charge in [0.1, 0.15) is 11.1 Å². The summed E-state index contributed by atoms with van der Waals surface area (Å²) in [6.07, 6.45) is 2.83. The van der Waals surface area contributed by atoms with E-state index in [9.17, 15) is 10.1 Å². The molecule has 4 N–H and O–H groups in total. The summed E-state index contributed by atoms with van der Waals surface area (Å²) < 4.78 is 0. The van der Waals surface area contributed by atoms with Crippen LogP contribution in [0.3, 0.4) is 0 Å². The fourth-order valence-electron chi connectivity index (χ4n) is 2.17. The summed E-state index contributed by atoms with van der Waals surface area (Å²) in [6, 6.07) is 2.13. The standard InChI is InChI=1S/C12H14N4O2S/c1-6-2-3-7-8(5-13)12(19-9(7)4-6)15-11(17)10(14)16-18/h6,18H,2-4H2,1H3,(H2,14,16)(H,15,17). The van der Waals surface area contributed by atoms with Crippen molar-refractivity contribution in [2.24, 2.45) is 16.8 Å². The van der Waals surface area contributed by atoms with E-state index in [1.54, 1.807) is 0 Å². The van der Waals surface area contributed by atoms with Crippen molar-refractivity contribution in [2.45, 2.75) is 26.2 Å². The second-order valence-electron chi connectivity index (χ2n) is 4.61. The van der Waals surface area contributed by atoms with Crippen molar-refractivity contribution in [3.8, 4) is 6.07 Å². The Morgan fingerprint density at radius 3 is 3.05 bits per heavy atom. The number of oxime groups is 1. The summed E-state index contributed by atoms with van der Waals surface area (Å²) in [7, 11) is 0. The minimum Gasteiger partial charge on any atom is -0.409 e. The molecule has 19 heavy (non-hydrogen) atoms. The third kappa shape index (κ3) is 2.53. The molecular formula is C12H14N4O2S. The molecule has 0 fully saturated rings. The lowest BCUT2D eigenvalue weighted by Crippen LogP contribution is -2.30. The number of thiophene rings is 1. The zero-order valence-electron chi connectivity index (χ0n) is 10.4. The summed E-state index contributed by atoms with van der Waals surface area (Å²) in [5.41, 5.74) is 6.74. The molecule has 0 saturated carbocycles. The number of rotatable bonds is 1. The van der Waals surface area contributed by atoms with Gasteiger partial charge in [-0.2, -0.15) is 5.26 Å². The number of anilines is 1. The van der Waals surface area contributed by atoms with Gasteiger partial charge < -0.3 is 16.3 Å². The van der Waals surface area contributed by atoms with Crippen molar-refractivity contribution in [3.63, 3.8) is 0 Å². The third-order valence-electron chi connectivity index (χ3n) is 3.19. The van der Waals surface area contributed by atoms with Crippen molar-refractivity contribution < 1.29 is 10.0 Å². The van der Waals surface area contributed by atoms with Crippen molar-refractivity contribution in [3.05, 3.63) is 16.0 Å². The van der Waals surface area contributed by atoms with E-state index < -0.39 is 11.7 Å². The number of carbonyl (C=O) groups is 1. The van der Waals surface area contributed by atoms with Crippen LogP contribution in [0.15, 0.2) is 5.16 Å². The van der Waals surface area contributed by atoms with Crippen LogP contribution in [-0.2, 0) is 17.6 Å². The molecule has 6 nitrogen and oxygen atoms in total. The van der Waals surface area contributed by atoms with Gasteiger partial charge in [0, 0.05) is 4.88 Å². The SMILES string of the molecule is CC1CCc2c(sc(NC(=O)/C(N)=N\O)c2C#N)C1. The minimum absolute atomic E-state index is 0.484. The smallest absolute Gasteiger partial charge is 0.294 e. The molecule has 7 heteroatoms. The molecule has 100 valence electrons. The predicted octanol–water partition coefficient (Wildman–Crippen LogP) is 1.43. The average molecular weight is 278 g/mol. The fourth-order valence-corrected chi connectivity index (χ4v) is 3.53. The second kappa shape index (κ2) is 5.28. The number of nitrogens with one attached hydrogen (secondary N) is 1. The number of hydrogen-bond donors (Lipinski definition) is 3. The van der Waals surface area contributed by atoms with E-state index in [1.807, 2.05) is 0 Å². The molecule has 1 aliphatic carbocycles. The van der Waals surface area contributed by atoms with Gasteiger partial charge in [0.2, 0.25) is 5.84 Å². The second-order valence-corrected chi connectivity index (χ2v) is 5.71. The number of nitriles is 1. The van der Waals surface area contributed by atoms with Gasteiger partial charge in [-0.05, 0) is 30.7 Å². The van der Waals surface area contributed by atoms with Gasteiger partial charge in [0.15, 0.2) is 0 Å². The molecule has 0 saturated heterocycles. The Bertz CT molecular complexity index is 585. The molecular weight excluding hydrogens is 264 g/mol. The molecule has 0 aliphatic heterocycles. The van der Waals surface area contributed by atoms with Gasteiger partial charge >= 0.3 is 0 Å². The van der Waals surface area contributed by atoms with Crippen LogP contribution >= 0.6 is 11.3 Å². The van der Waals surface area contributed by atoms with Crippen LogP contribution in [0, 0.1) is 17.2 Å². The average Bonchev–Trinajstić information content (AvgIpc) is 2.73. The van der Waals surface area contributed by atoms with Crippen LogP contribution in [0.5, 0.6) is 0 Å². The maximum Gasteiger partial charge on any atom is 0.294 e. The van der Waals surface area contributed by atoms with Gasteiger partial charge in [0.25, 0.3) is 5.91 Å². The summed E-state index contributed by atoms with van der Waals surface area (Å²) in [5, 5.41) is 23.3. The lowest BCUT2D eigenvalue weighted by atomic mass is 9.89. The van der Waals surface area contributed by atoms with E-state index >= 15 is 0 Å². The monoisotopic (exact) mass is 278 g/mol. The Morgan fingerprint density at radius 1 is 1.68 bits per heavy atom. The highest BCUT2D eigenvalue weighted by molar-refractivity contribution is 7.16. The van der Waals surface area contributed by atoms with Gasteiger partial charge in [-0.15, -0.1) is 11.3 Å². The molecule has 1 heterocycles. The van der Waals surface area contributed by atoms with Gasteiger partial charge in [-0.1, -0.05) is 12.1 Å². The van der Waals surface area contributed by atoms with Gasteiger partial charge in [-0.3, -0.25) is 4.79 Å². The fraction of sp³-hybridized carbons (Fsp3) is 0.417. The molecule has 1 aliphatic rings. The highest BCUT2D eigenvalue weighted by Crippen LogP contribution is 2.39. The Hall–Kier alpha value is -2.07. The van der Waals surface area contributed by atoms with Crippen molar-refractivity contribution in [1.82, 2.24) is 0 Å². The lowest BCUT2D eigenvalue weighted by molar-refractivity contribution is -0.110. The molecule has 1 aromatic rings. The molecule has 0 spiro atoms. The molecule has 1 aromatic heterocycles. The highest BCUT2D eigenvalue weighted by Gasteiger charge is 2.25. The van der Waals surface area contributed by atoms with Crippen LogP contribution in [0.1, 0.15) is 29.3 Å². The number of amidine groups is 1. The topological polar surface area (TPSA) is 112 Å². The molecule has 0 radical (unpaired) electrons. The summed E-state index contributed by atoms with van der Waals surface area (Å²) in [6.45, 7) is 2.17. The quantitative estimate of drug-likeness (QED) is 0.312. The summed E-state index contributed by atoms with van der Waals surface area (Å²) in [4.78, 5) is 12.7. The van der Waals surface area contributed by atoms with E-state index in [4.69, 9.17) is 10.9 Å². The Labute approximate surface area is 114 Å². The van der Waals surface area contributed by atoms with E-state index in [0.717, 1.165) is 29.7 Å². The molecule has 1 unspecified atom stereocenters. The van der Waals surface area contributed by atoms with E-state index in [2.05, 4.69) is 23.5 Å². The number of amides is 1. The van der Waals surface area contributed by atoms with Crippen LogP contribution in [0.2, 0.25) is 0 Å². The maximum atomic E-state index is 11.6. The summed E-state index contributed by atoms with van der Waals surface area (Å²) >= 11 is 1.40. The van der Waals surface area contributed by atoms with Crippen molar-refractivity contribution in [1.29, 1.82) is 5.26 Å². The van der Waals surface area contributed by atoms with Crippen molar-refractivity contribution in [2.75, 3.05) is 5.32 Å². The number of nitrogens with zero attached hydrogens (tertiary/aromatic N) is 2. The maximum absolute atomic E-state index is 11.6. The molecule has 2 rings (SSSR count). The first-order valence-corrected chi connectivity index (χ1v) is 6.72. The first kappa shape index (κ1) is 13.4. The highest BCUT2D eigenvalue weighted by atomic mass is 32.1. The zero-order valence-corrected chi connectivity index (χ0v) is 11.3.